The molecule has 1 aliphatic heterocycles. The van der Waals surface area contributed by atoms with Gasteiger partial charge in [-0.15, -0.1) is 10.2 Å². The molecular weight excluding hydrogens is 386 g/mol. The van der Waals surface area contributed by atoms with Crippen LogP contribution in [-0.2, 0) is 13.0 Å². The normalized spacial score (nSPS) is 16.2. The number of hydrogen-bond acceptors (Lipinski definition) is 4. The first-order valence-electron chi connectivity index (χ1n) is 11.4. The summed E-state index contributed by atoms with van der Waals surface area (Å²) < 4.78 is 2.24. The molecule has 168 valence electrons. The Kier molecular flexibility index (Phi) is 7.65. The van der Waals surface area contributed by atoms with Crippen molar-refractivity contribution in [3.63, 3.8) is 0 Å². The van der Waals surface area contributed by atoms with Gasteiger partial charge < -0.3 is 9.88 Å². The molecule has 0 spiro atoms. The van der Waals surface area contributed by atoms with Crippen LogP contribution in [0.5, 0.6) is 0 Å². The number of fused-ring (bicyclic) bond motifs is 1. The largest absolute Gasteiger partial charge is 0.342 e. The molecular formula is C25H37N5O. The lowest BCUT2D eigenvalue weighted by Gasteiger charge is -2.22. The zero-order valence-corrected chi connectivity index (χ0v) is 19.9. The van der Waals surface area contributed by atoms with E-state index in [1.54, 1.807) is 0 Å². The van der Waals surface area contributed by atoms with Crippen molar-refractivity contribution in [2.45, 2.75) is 67.0 Å². The van der Waals surface area contributed by atoms with Crippen LogP contribution >= 0.6 is 0 Å². The van der Waals surface area contributed by atoms with Crippen molar-refractivity contribution >= 4 is 5.91 Å². The molecule has 1 atom stereocenters. The molecule has 2 heterocycles. The molecule has 31 heavy (non-hydrogen) atoms. The van der Waals surface area contributed by atoms with E-state index >= 15 is 0 Å². The maximum Gasteiger partial charge on any atom is 0.251 e. The van der Waals surface area contributed by atoms with Crippen LogP contribution in [0.1, 0.15) is 73.3 Å². The van der Waals surface area contributed by atoms with E-state index in [9.17, 15) is 4.79 Å². The summed E-state index contributed by atoms with van der Waals surface area (Å²) in [7, 11) is 0. The SMILES string of the molecule is C/C=C(\C)CN1CCc2nnc(C(CC(C)C)NC(=O)c3cc(C)cc(C)c3)n2CC1. The van der Waals surface area contributed by atoms with E-state index in [-0.39, 0.29) is 11.9 Å². The van der Waals surface area contributed by atoms with Crippen molar-refractivity contribution in [1.29, 1.82) is 0 Å². The van der Waals surface area contributed by atoms with Crippen molar-refractivity contribution in [3.8, 4) is 0 Å². The summed E-state index contributed by atoms with van der Waals surface area (Å²) in [4.78, 5) is 15.6. The van der Waals surface area contributed by atoms with Gasteiger partial charge in [0, 0.05) is 38.2 Å². The van der Waals surface area contributed by atoms with E-state index in [1.165, 1.54) is 5.57 Å². The first-order chi connectivity index (χ1) is 14.8. The minimum absolute atomic E-state index is 0.0474. The second kappa shape index (κ2) is 10.2. The third-order valence-corrected chi connectivity index (χ3v) is 5.92. The van der Waals surface area contributed by atoms with Gasteiger partial charge >= 0.3 is 0 Å². The van der Waals surface area contributed by atoms with Gasteiger partial charge in [0.25, 0.3) is 5.91 Å². The van der Waals surface area contributed by atoms with E-state index in [4.69, 9.17) is 0 Å². The standard InChI is InChI=1S/C25H37N5O/c1-7-18(4)16-29-9-8-23-27-28-24(30(23)11-10-29)22(12-17(2)3)26-25(31)21-14-19(5)13-20(6)15-21/h7,13-15,17,22H,8-12,16H2,1-6H3,(H,26,31)/b18-7+. The van der Waals surface area contributed by atoms with E-state index in [0.717, 1.165) is 61.8 Å². The fourth-order valence-electron chi connectivity index (χ4n) is 4.30. The number of carbonyl (C=O) groups excluding carboxylic acids is 1. The highest BCUT2D eigenvalue weighted by molar-refractivity contribution is 5.94. The molecule has 0 fully saturated rings. The summed E-state index contributed by atoms with van der Waals surface area (Å²) in [6, 6.07) is 5.82. The van der Waals surface area contributed by atoms with Gasteiger partial charge in [0.15, 0.2) is 5.82 Å². The molecule has 0 bridgehead atoms. The predicted molar refractivity (Wildman–Crippen MR) is 125 cm³/mol. The Morgan fingerprint density at radius 3 is 2.48 bits per heavy atom. The summed E-state index contributed by atoms with van der Waals surface area (Å²) in [6.07, 6.45) is 3.89. The fraction of sp³-hybridized carbons (Fsp3) is 0.560. The number of aryl methyl sites for hydroxylation is 2. The van der Waals surface area contributed by atoms with Crippen molar-refractivity contribution < 1.29 is 4.79 Å². The molecule has 6 nitrogen and oxygen atoms in total. The van der Waals surface area contributed by atoms with Gasteiger partial charge in [-0.3, -0.25) is 9.69 Å². The van der Waals surface area contributed by atoms with Gasteiger partial charge in [0.1, 0.15) is 5.82 Å². The molecule has 1 N–H and O–H groups in total. The summed E-state index contributed by atoms with van der Waals surface area (Å²) in [5.74, 6) is 2.28. The zero-order chi connectivity index (χ0) is 22.5. The first kappa shape index (κ1) is 23.2. The average molecular weight is 424 g/mol. The van der Waals surface area contributed by atoms with Crippen molar-refractivity contribution in [2.24, 2.45) is 5.92 Å². The van der Waals surface area contributed by atoms with E-state index in [2.05, 4.69) is 64.8 Å². The van der Waals surface area contributed by atoms with Crippen molar-refractivity contribution in [2.75, 3.05) is 19.6 Å². The third-order valence-electron chi connectivity index (χ3n) is 5.92. The monoisotopic (exact) mass is 423 g/mol. The van der Waals surface area contributed by atoms with Crippen LogP contribution in [0.3, 0.4) is 0 Å². The molecule has 3 rings (SSSR count). The van der Waals surface area contributed by atoms with Crippen LogP contribution in [0.2, 0.25) is 0 Å². The van der Waals surface area contributed by atoms with Crippen LogP contribution in [0, 0.1) is 19.8 Å². The summed E-state index contributed by atoms with van der Waals surface area (Å²) in [5.41, 5.74) is 4.28. The molecule has 2 aromatic rings. The van der Waals surface area contributed by atoms with Gasteiger partial charge in [-0.25, -0.2) is 0 Å². The van der Waals surface area contributed by atoms with Crippen LogP contribution in [-0.4, -0.2) is 45.2 Å². The maximum absolute atomic E-state index is 13.1. The minimum atomic E-state index is -0.154. The van der Waals surface area contributed by atoms with Crippen LogP contribution < -0.4 is 5.32 Å². The van der Waals surface area contributed by atoms with Gasteiger partial charge in [0.05, 0.1) is 6.04 Å². The lowest BCUT2D eigenvalue weighted by molar-refractivity contribution is 0.0928. The molecule has 1 aliphatic rings. The Bertz CT molecular complexity index is 923. The van der Waals surface area contributed by atoms with Crippen LogP contribution in [0.4, 0.5) is 0 Å². The van der Waals surface area contributed by atoms with Gasteiger partial charge in [-0.05, 0) is 52.2 Å². The Hall–Kier alpha value is -2.47. The average Bonchev–Trinajstić information content (AvgIpc) is 3.00. The molecule has 1 aromatic heterocycles. The number of aromatic nitrogens is 3. The van der Waals surface area contributed by atoms with Gasteiger partial charge in [-0.1, -0.05) is 42.7 Å². The Balaban J connectivity index is 1.81. The molecule has 1 unspecified atom stereocenters. The molecule has 0 saturated heterocycles. The first-order valence-corrected chi connectivity index (χ1v) is 11.4. The van der Waals surface area contributed by atoms with Gasteiger partial charge in [0.2, 0.25) is 0 Å². The fourth-order valence-corrected chi connectivity index (χ4v) is 4.30. The number of hydrogen-bond donors (Lipinski definition) is 1. The number of benzene rings is 1. The van der Waals surface area contributed by atoms with E-state index in [1.807, 2.05) is 26.0 Å². The third kappa shape index (κ3) is 6.03. The van der Waals surface area contributed by atoms with Crippen molar-refractivity contribution in [3.05, 3.63) is 58.2 Å². The van der Waals surface area contributed by atoms with E-state index < -0.39 is 0 Å². The molecule has 6 heteroatoms. The number of nitrogens with zero attached hydrogens (tertiary/aromatic N) is 4. The van der Waals surface area contributed by atoms with Gasteiger partial charge in [-0.2, -0.15) is 0 Å². The Morgan fingerprint density at radius 2 is 1.84 bits per heavy atom. The second-order valence-electron chi connectivity index (χ2n) is 9.32. The van der Waals surface area contributed by atoms with Crippen molar-refractivity contribution in [1.82, 2.24) is 25.0 Å². The highest BCUT2D eigenvalue weighted by Crippen LogP contribution is 2.23. The quantitative estimate of drug-likeness (QED) is 0.677. The Labute approximate surface area is 186 Å². The minimum Gasteiger partial charge on any atom is -0.342 e. The molecule has 0 aliphatic carbocycles. The molecule has 0 radical (unpaired) electrons. The highest BCUT2D eigenvalue weighted by atomic mass is 16.1. The smallest absolute Gasteiger partial charge is 0.251 e. The van der Waals surface area contributed by atoms with Crippen LogP contribution in [0.25, 0.3) is 0 Å². The molecule has 1 amide bonds. The second-order valence-corrected chi connectivity index (χ2v) is 9.32. The molecule has 0 saturated carbocycles. The van der Waals surface area contributed by atoms with E-state index in [0.29, 0.717) is 11.5 Å². The highest BCUT2D eigenvalue weighted by Gasteiger charge is 2.26. The lowest BCUT2D eigenvalue weighted by atomic mass is 10.0. The summed E-state index contributed by atoms with van der Waals surface area (Å²) >= 11 is 0. The number of carbonyl (C=O) groups is 1. The number of nitrogens with one attached hydrogen (secondary N) is 1. The lowest BCUT2D eigenvalue weighted by Crippen LogP contribution is -2.33. The number of allylic oxidation sites excluding steroid dienone is 1. The molecule has 1 aromatic carbocycles. The topological polar surface area (TPSA) is 63.1 Å². The Morgan fingerprint density at radius 1 is 1.13 bits per heavy atom. The van der Waals surface area contributed by atoms with Crippen LogP contribution in [0.15, 0.2) is 29.8 Å². The zero-order valence-electron chi connectivity index (χ0n) is 19.9. The number of amides is 1. The summed E-state index contributed by atoms with van der Waals surface area (Å²) in [5, 5.41) is 12.3. The number of rotatable bonds is 7. The maximum atomic E-state index is 13.1. The summed E-state index contributed by atoms with van der Waals surface area (Å²) in [6.45, 7) is 16.5. The predicted octanol–water partition coefficient (Wildman–Crippen LogP) is 4.24.